The third-order valence-corrected chi connectivity index (χ3v) is 3.08. The molecule has 0 amide bonds. The van der Waals surface area contributed by atoms with E-state index in [0.717, 1.165) is 18.9 Å². The normalized spacial score (nSPS) is 16.2. The highest BCUT2D eigenvalue weighted by Crippen LogP contribution is 2.19. The predicted octanol–water partition coefficient (Wildman–Crippen LogP) is 2.70. The van der Waals surface area contributed by atoms with E-state index in [-0.39, 0.29) is 0 Å². The number of rotatable bonds is 5. The molecule has 0 aliphatic heterocycles. The highest BCUT2D eigenvalue weighted by atomic mass is 14.9. The SMILES string of the molecule is Cc1ncc(CNCCC2=CCCCC2)[nH]1. The Morgan fingerprint density at radius 3 is 3.06 bits per heavy atom. The molecule has 1 aliphatic rings. The topological polar surface area (TPSA) is 40.7 Å². The fourth-order valence-corrected chi connectivity index (χ4v) is 2.17. The maximum atomic E-state index is 4.18. The smallest absolute Gasteiger partial charge is 0.103 e. The minimum atomic E-state index is 0.897. The summed E-state index contributed by atoms with van der Waals surface area (Å²) in [6.07, 6.45) is 10.9. The molecule has 1 aromatic rings. The number of hydrogen-bond donors (Lipinski definition) is 2. The molecule has 1 aliphatic carbocycles. The Bertz CT molecular complexity index is 352. The maximum absolute atomic E-state index is 4.18. The molecule has 1 aromatic heterocycles. The standard InChI is InChI=1S/C13H21N3/c1-11-15-10-13(16-11)9-14-8-7-12-5-3-2-4-6-12/h5,10,14H,2-4,6-9H2,1H3,(H,15,16). The Balaban J connectivity index is 1.63. The third-order valence-electron chi connectivity index (χ3n) is 3.08. The molecule has 0 radical (unpaired) electrons. The zero-order valence-corrected chi connectivity index (χ0v) is 10.1. The molecule has 0 aromatic carbocycles. The first-order valence-electron chi connectivity index (χ1n) is 6.24. The van der Waals surface area contributed by atoms with E-state index >= 15 is 0 Å². The second kappa shape index (κ2) is 5.85. The van der Waals surface area contributed by atoms with Gasteiger partial charge in [-0.3, -0.25) is 0 Å². The first-order valence-corrected chi connectivity index (χ1v) is 6.24. The molecule has 0 bridgehead atoms. The van der Waals surface area contributed by atoms with Gasteiger partial charge in [-0.1, -0.05) is 11.6 Å². The largest absolute Gasteiger partial charge is 0.345 e. The second-order valence-electron chi connectivity index (χ2n) is 4.53. The Morgan fingerprint density at radius 2 is 2.38 bits per heavy atom. The number of H-pyrrole nitrogens is 1. The van der Waals surface area contributed by atoms with Crippen molar-refractivity contribution in [3.05, 3.63) is 29.4 Å². The van der Waals surface area contributed by atoms with Crippen LogP contribution in [0.15, 0.2) is 17.8 Å². The van der Waals surface area contributed by atoms with Crippen LogP contribution in [0.25, 0.3) is 0 Å². The van der Waals surface area contributed by atoms with Gasteiger partial charge >= 0.3 is 0 Å². The molecule has 0 spiro atoms. The van der Waals surface area contributed by atoms with Crippen LogP contribution in [-0.2, 0) is 6.54 Å². The van der Waals surface area contributed by atoms with Crippen molar-refractivity contribution >= 4 is 0 Å². The minimum Gasteiger partial charge on any atom is -0.345 e. The van der Waals surface area contributed by atoms with Gasteiger partial charge in [0.25, 0.3) is 0 Å². The number of nitrogens with zero attached hydrogens (tertiary/aromatic N) is 1. The van der Waals surface area contributed by atoms with Gasteiger partial charge in [-0.25, -0.2) is 4.98 Å². The van der Waals surface area contributed by atoms with Crippen molar-refractivity contribution in [1.29, 1.82) is 0 Å². The lowest BCUT2D eigenvalue weighted by molar-refractivity contribution is 0.628. The van der Waals surface area contributed by atoms with Crippen molar-refractivity contribution in [3.63, 3.8) is 0 Å². The molecule has 0 unspecified atom stereocenters. The number of aromatic amines is 1. The van der Waals surface area contributed by atoms with Crippen LogP contribution in [-0.4, -0.2) is 16.5 Å². The highest BCUT2D eigenvalue weighted by Gasteiger charge is 2.03. The molecule has 0 fully saturated rings. The van der Waals surface area contributed by atoms with E-state index in [0.29, 0.717) is 0 Å². The first kappa shape index (κ1) is 11.4. The lowest BCUT2D eigenvalue weighted by Gasteiger charge is -2.12. The van der Waals surface area contributed by atoms with Crippen LogP contribution in [0.3, 0.4) is 0 Å². The van der Waals surface area contributed by atoms with Gasteiger partial charge in [-0.05, 0) is 45.6 Å². The summed E-state index contributed by atoms with van der Waals surface area (Å²) in [5, 5.41) is 3.45. The highest BCUT2D eigenvalue weighted by molar-refractivity contribution is 5.05. The van der Waals surface area contributed by atoms with Gasteiger partial charge in [0, 0.05) is 18.4 Å². The van der Waals surface area contributed by atoms with E-state index in [4.69, 9.17) is 0 Å². The van der Waals surface area contributed by atoms with Crippen LogP contribution in [0.2, 0.25) is 0 Å². The van der Waals surface area contributed by atoms with E-state index in [9.17, 15) is 0 Å². The first-order chi connectivity index (χ1) is 7.84. The summed E-state index contributed by atoms with van der Waals surface area (Å²) in [4.78, 5) is 7.40. The van der Waals surface area contributed by atoms with Gasteiger partial charge in [-0.2, -0.15) is 0 Å². The number of hydrogen-bond acceptors (Lipinski definition) is 2. The van der Waals surface area contributed by atoms with E-state index in [1.54, 1.807) is 5.57 Å². The zero-order valence-electron chi connectivity index (χ0n) is 10.1. The molecule has 3 nitrogen and oxygen atoms in total. The summed E-state index contributed by atoms with van der Waals surface area (Å²) >= 11 is 0. The van der Waals surface area contributed by atoms with Crippen LogP contribution in [0.1, 0.15) is 43.6 Å². The Labute approximate surface area is 97.4 Å². The lowest BCUT2D eigenvalue weighted by atomic mass is 9.97. The van der Waals surface area contributed by atoms with Gasteiger partial charge in [0.05, 0.1) is 0 Å². The minimum absolute atomic E-state index is 0.897. The number of imidazole rings is 1. The second-order valence-corrected chi connectivity index (χ2v) is 4.53. The summed E-state index contributed by atoms with van der Waals surface area (Å²) in [5.74, 6) is 0.992. The molecule has 0 atom stereocenters. The van der Waals surface area contributed by atoms with Crippen molar-refractivity contribution in [2.24, 2.45) is 0 Å². The maximum Gasteiger partial charge on any atom is 0.103 e. The molecule has 16 heavy (non-hydrogen) atoms. The van der Waals surface area contributed by atoms with Crippen molar-refractivity contribution in [3.8, 4) is 0 Å². The lowest BCUT2D eigenvalue weighted by Crippen LogP contribution is -2.15. The van der Waals surface area contributed by atoms with Crippen LogP contribution < -0.4 is 5.32 Å². The summed E-state index contributed by atoms with van der Waals surface area (Å²) in [6.45, 7) is 3.95. The Morgan fingerprint density at radius 1 is 1.44 bits per heavy atom. The number of aryl methyl sites for hydroxylation is 1. The van der Waals surface area contributed by atoms with E-state index in [1.165, 1.54) is 37.8 Å². The monoisotopic (exact) mass is 219 g/mol. The van der Waals surface area contributed by atoms with Gasteiger partial charge in [0.2, 0.25) is 0 Å². The number of aromatic nitrogens is 2. The summed E-state index contributed by atoms with van der Waals surface area (Å²) in [6, 6.07) is 0. The quantitative estimate of drug-likeness (QED) is 0.590. The van der Waals surface area contributed by atoms with Crippen LogP contribution in [0.4, 0.5) is 0 Å². The molecular weight excluding hydrogens is 198 g/mol. The fraction of sp³-hybridized carbons (Fsp3) is 0.615. The average molecular weight is 219 g/mol. The molecule has 1 heterocycles. The van der Waals surface area contributed by atoms with E-state index in [2.05, 4.69) is 21.4 Å². The van der Waals surface area contributed by atoms with Gasteiger partial charge in [0.15, 0.2) is 0 Å². The van der Waals surface area contributed by atoms with Crippen molar-refractivity contribution in [1.82, 2.24) is 15.3 Å². The summed E-state index contributed by atoms with van der Waals surface area (Å²) in [7, 11) is 0. The molecule has 2 rings (SSSR count). The van der Waals surface area contributed by atoms with Crippen molar-refractivity contribution in [2.45, 2.75) is 45.6 Å². The third kappa shape index (κ3) is 3.49. The van der Waals surface area contributed by atoms with Crippen LogP contribution in [0.5, 0.6) is 0 Å². The molecule has 0 saturated heterocycles. The molecule has 3 heteroatoms. The molecule has 0 saturated carbocycles. The Kier molecular flexibility index (Phi) is 4.17. The molecule has 2 N–H and O–H groups in total. The van der Waals surface area contributed by atoms with Crippen LogP contribution in [0, 0.1) is 6.92 Å². The zero-order chi connectivity index (χ0) is 11.2. The van der Waals surface area contributed by atoms with Gasteiger partial charge < -0.3 is 10.3 Å². The summed E-state index contributed by atoms with van der Waals surface area (Å²) < 4.78 is 0. The number of allylic oxidation sites excluding steroid dienone is 1. The average Bonchev–Trinajstić information content (AvgIpc) is 2.72. The summed E-state index contributed by atoms with van der Waals surface area (Å²) in [5.41, 5.74) is 2.81. The van der Waals surface area contributed by atoms with E-state index < -0.39 is 0 Å². The van der Waals surface area contributed by atoms with Crippen molar-refractivity contribution in [2.75, 3.05) is 6.54 Å². The van der Waals surface area contributed by atoms with Crippen molar-refractivity contribution < 1.29 is 0 Å². The fourth-order valence-electron chi connectivity index (χ4n) is 2.17. The molecule has 88 valence electrons. The molecular formula is C13H21N3. The Hall–Kier alpha value is -1.09. The van der Waals surface area contributed by atoms with Crippen LogP contribution >= 0.6 is 0 Å². The number of nitrogens with one attached hydrogen (secondary N) is 2. The van der Waals surface area contributed by atoms with Gasteiger partial charge in [-0.15, -0.1) is 0 Å². The van der Waals surface area contributed by atoms with Gasteiger partial charge in [0.1, 0.15) is 5.82 Å². The predicted molar refractivity (Wildman–Crippen MR) is 66.2 cm³/mol. The van der Waals surface area contributed by atoms with E-state index in [1.807, 2.05) is 13.1 Å².